The van der Waals surface area contributed by atoms with Crippen LogP contribution in [0.4, 0.5) is 5.69 Å². The maximum atomic E-state index is 12.2. The molecule has 0 saturated carbocycles. The van der Waals surface area contributed by atoms with Gasteiger partial charge in [-0.2, -0.15) is 0 Å². The van der Waals surface area contributed by atoms with Crippen molar-refractivity contribution in [3.05, 3.63) is 53.6 Å². The van der Waals surface area contributed by atoms with Gasteiger partial charge in [-0.25, -0.2) is 0 Å². The number of anilines is 1. The van der Waals surface area contributed by atoms with E-state index in [1.807, 2.05) is 18.2 Å². The zero-order chi connectivity index (χ0) is 16.9. The normalized spacial score (nSPS) is 11.9. The van der Waals surface area contributed by atoms with Crippen molar-refractivity contribution in [3.63, 3.8) is 0 Å². The molecular formula is C18H18N2O4. The lowest BCUT2D eigenvalue weighted by atomic mass is 10.1. The number of fused-ring (bicyclic) bond motifs is 1. The molecule has 0 radical (unpaired) electrons. The Kier molecular flexibility index (Phi) is 4.65. The molecule has 3 rings (SSSR count). The Labute approximate surface area is 139 Å². The Morgan fingerprint density at radius 2 is 1.79 bits per heavy atom. The van der Waals surface area contributed by atoms with Crippen LogP contribution in [0, 0.1) is 0 Å². The number of hydrogen-bond acceptors (Lipinski definition) is 4. The van der Waals surface area contributed by atoms with Gasteiger partial charge in [-0.3, -0.25) is 9.59 Å². The molecule has 0 aromatic heterocycles. The minimum Gasteiger partial charge on any atom is -0.454 e. The quantitative estimate of drug-likeness (QED) is 0.886. The first-order valence-electron chi connectivity index (χ1n) is 7.72. The van der Waals surface area contributed by atoms with Crippen LogP contribution in [0.1, 0.15) is 29.3 Å². The molecule has 1 aliphatic rings. The molecule has 2 N–H and O–H groups in total. The largest absolute Gasteiger partial charge is 0.454 e. The average molecular weight is 326 g/mol. The van der Waals surface area contributed by atoms with Crippen molar-refractivity contribution < 1.29 is 19.1 Å². The van der Waals surface area contributed by atoms with Crippen molar-refractivity contribution in [2.75, 3.05) is 12.1 Å². The van der Waals surface area contributed by atoms with Crippen molar-refractivity contribution in [3.8, 4) is 11.5 Å². The molecule has 1 aliphatic heterocycles. The van der Waals surface area contributed by atoms with Crippen LogP contribution in [0.25, 0.3) is 0 Å². The molecule has 0 fully saturated rings. The molecule has 0 aliphatic carbocycles. The molecule has 2 amide bonds. The number of carbonyl (C=O) groups excluding carboxylic acids is 2. The summed E-state index contributed by atoms with van der Waals surface area (Å²) < 4.78 is 10.6. The van der Waals surface area contributed by atoms with Crippen LogP contribution < -0.4 is 20.1 Å². The highest BCUT2D eigenvalue weighted by Crippen LogP contribution is 2.32. The number of nitrogens with one attached hydrogen (secondary N) is 2. The van der Waals surface area contributed by atoms with Crippen molar-refractivity contribution in [2.45, 2.75) is 19.9 Å². The van der Waals surface area contributed by atoms with E-state index < -0.39 is 0 Å². The monoisotopic (exact) mass is 326 g/mol. The first-order chi connectivity index (χ1) is 11.7. The molecule has 124 valence electrons. The summed E-state index contributed by atoms with van der Waals surface area (Å²) in [6, 6.07) is 12.4. The highest BCUT2D eigenvalue weighted by atomic mass is 16.7. The Balaban J connectivity index is 1.57. The van der Waals surface area contributed by atoms with Gasteiger partial charge in [0.25, 0.3) is 5.91 Å². The van der Waals surface area contributed by atoms with E-state index in [4.69, 9.17) is 9.47 Å². The van der Waals surface area contributed by atoms with E-state index in [1.54, 1.807) is 31.2 Å². The fourth-order valence-corrected chi connectivity index (χ4v) is 2.29. The Morgan fingerprint density at radius 3 is 2.54 bits per heavy atom. The molecule has 0 atom stereocenters. The lowest BCUT2D eigenvalue weighted by molar-refractivity contribution is -0.115. The lowest BCUT2D eigenvalue weighted by Crippen LogP contribution is -2.22. The van der Waals surface area contributed by atoms with E-state index in [1.165, 1.54) is 0 Å². The van der Waals surface area contributed by atoms with Crippen LogP contribution in [-0.2, 0) is 11.3 Å². The summed E-state index contributed by atoms with van der Waals surface area (Å²) in [7, 11) is 0. The summed E-state index contributed by atoms with van der Waals surface area (Å²) in [5, 5.41) is 5.60. The van der Waals surface area contributed by atoms with Crippen molar-refractivity contribution in [2.24, 2.45) is 0 Å². The Bertz CT molecular complexity index is 756. The molecule has 6 nitrogen and oxygen atoms in total. The molecule has 1 heterocycles. The number of amides is 2. The maximum Gasteiger partial charge on any atom is 0.251 e. The standard InChI is InChI=1S/C18H18N2O4/c1-2-17(21)20-14-6-4-13(5-7-14)18(22)19-10-12-3-8-15-16(9-12)24-11-23-15/h3-9H,2,10-11H2,1H3,(H,19,22)(H,20,21). The second kappa shape index (κ2) is 7.04. The van der Waals surface area contributed by atoms with Gasteiger partial charge >= 0.3 is 0 Å². The smallest absolute Gasteiger partial charge is 0.251 e. The van der Waals surface area contributed by atoms with Gasteiger partial charge in [0.15, 0.2) is 11.5 Å². The van der Waals surface area contributed by atoms with Gasteiger partial charge in [0, 0.05) is 24.2 Å². The molecule has 2 aromatic carbocycles. The molecule has 6 heteroatoms. The van der Waals surface area contributed by atoms with Crippen LogP contribution in [0.2, 0.25) is 0 Å². The molecule has 24 heavy (non-hydrogen) atoms. The third kappa shape index (κ3) is 3.65. The SMILES string of the molecule is CCC(=O)Nc1ccc(C(=O)NCc2ccc3c(c2)OCO3)cc1. The van der Waals surface area contributed by atoms with E-state index in [0.29, 0.717) is 30.0 Å². The molecule has 0 unspecified atom stereocenters. The molecular weight excluding hydrogens is 308 g/mol. The predicted molar refractivity (Wildman–Crippen MR) is 89.1 cm³/mol. The van der Waals surface area contributed by atoms with E-state index in [0.717, 1.165) is 11.3 Å². The summed E-state index contributed by atoms with van der Waals surface area (Å²) in [5.74, 6) is 1.17. The summed E-state index contributed by atoms with van der Waals surface area (Å²) in [4.78, 5) is 23.5. The fraction of sp³-hybridized carbons (Fsp3) is 0.222. The number of benzene rings is 2. The zero-order valence-electron chi connectivity index (χ0n) is 13.3. The molecule has 0 saturated heterocycles. The van der Waals surface area contributed by atoms with E-state index in [-0.39, 0.29) is 18.6 Å². The highest BCUT2D eigenvalue weighted by molar-refractivity contribution is 5.95. The first kappa shape index (κ1) is 15.9. The maximum absolute atomic E-state index is 12.2. The highest BCUT2D eigenvalue weighted by Gasteiger charge is 2.13. The second-order valence-corrected chi connectivity index (χ2v) is 5.35. The number of rotatable bonds is 5. The van der Waals surface area contributed by atoms with Gasteiger partial charge < -0.3 is 20.1 Å². The predicted octanol–water partition coefficient (Wildman–Crippen LogP) is 2.69. The first-order valence-corrected chi connectivity index (χ1v) is 7.72. The molecule has 2 aromatic rings. The third-order valence-electron chi connectivity index (χ3n) is 3.64. The van der Waals surface area contributed by atoms with Gasteiger partial charge in [0.2, 0.25) is 12.7 Å². The van der Waals surface area contributed by atoms with Gasteiger partial charge in [0.1, 0.15) is 0 Å². The topological polar surface area (TPSA) is 76.7 Å². The zero-order valence-corrected chi connectivity index (χ0v) is 13.3. The second-order valence-electron chi connectivity index (χ2n) is 5.35. The van der Waals surface area contributed by atoms with Crippen LogP contribution in [0.3, 0.4) is 0 Å². The summed E-state index contributed by atoms with van der Waals surface area (Å²) in [6.07, 6.45) is 0.414. The molecule has 0 spiro atoms. The summed E-state index contributed by atoms with van der Waals surface area (Å²) in [6.45, 7) is 2.41. The summed E-state index contributed by atoms with van der Waals surface area (Å²) >= 11 is 0. The third-order valence-corrected chi connectivity index (χ3v) is 3.64. The van der Waals surface area contributed by atoms with Crippen molar-refractivity contribution in [1.82, 2.24) is 5.32 Å². The minimum atomic E-state index is -0.180. The van der Waals surface area contributed by atoms with E-state index in [9.17, 15) is 9.59 Å². The number of ether oxygens (including phenoxy) is 2. The fourth-order valence-electron chi connectivity index (χ4n) is 2.29. The van der Waals surface area contributed by atoms with Crippen LogP contribution in [0.15, 0.2) is 42.5 Å². The Morgan fingerprint density at radius 1 is 1.04 bits per heavy atom. The molecule has 0 bridgehead atoms. The van der Waals surface area contributed by atoms with Crippen LogP contribution in [-0.4, -0.2) is 18.6 Å². The van der Waals surface area contributed by atoms with Gasteiger partial charge in [-0.15, -0.1) is 0 Å². The van der Waals surface area contributed by atoms with Gasteiger partial charge in [-0.1, -0.05) is 13.0 Å². The Hall–Kier alpha value is -3.02. The van der Waals surface area contributed by atoms with Crippen molar-refractivity contribution >= 4 is 17.5 Å². The minimum absolute atomic E-state index is 0.0602. The van der Waals surface area contributed by atoms with Gasteiger partial charge in [0.05, 0.1) is 0 Å². The number of hydrogen-bond donors (Lipinski definition) is 2. The van der Waals surface area contributed by atoms with Gasteiger partial charge in [-0.05, 0) is 42.0 Å². The van der Waals surface area contributed by atoms with Crippen LogP contribution >= 0.6 is 0 Å². The van der Waals surface area contributed by atoms with E-state index in [2.05, 4.69) is 10.6 Å². The summed E-state index contributed by atoms with van der Waals surface area (Å²) in [5.41, 5.74) is 2.14. The van der Waals surface area contributed by atoms with Crippen molar-refractivity contribution in [1.29, 1.82) is 0 Å². The lowest BCUT2D eigenvalue weighted by Gasteiger charge is -2.08. The number of carbonyl (C=O) groups is 2. The van der Waals surface area contributed by atoms with Crippen LogP contribution in [0.5, 0.6) is 11.5 Å². The van der Waals surface area contributed by atoms with E-state index >= 15 is 0 Å². The average Bonchev–Trinajstić information content (AvgIpc) is 3.08.